The summed E-state index contributed by atoms with van der Waals surface area (Å²) < 4.78 is 1.88. The van der Waals surface area contributed by atoms with Crippen LogP contribution in [0.3, 0.4) is 0 Å². The SMILES string of the molecule is CCNC(=O)c1cn(C)c2c(Cl)cccc12. The van der Waals surface area contributed by atoms with Gasteiger partial charge in [0.1, 0.15) is 0 Å². The largest absolute Gasteiger partial charge is 0.352 e. The van der Waals surface area contributed by atoms with E-state index in [0.29, 0.717) is 17.1 Å². The molecule has 0 fully saturated rings. The number of para-hydroxylation sites is 1. The number of nitrogens with one attached hydrogen (secondary N) is 1. The van der Waals surface area contributed by atoms with Crippen molar-refractivity contribution in [3.8, 4) is 0 Å². The molecule has 0 bridgehead atoms. The molecule has 0 atom stereocenters. The van der Waals surface area contributed by atoms with Gasteiger partial charge < -0.3 is 9.88 Å². The minimum Gasteiger partial charge on any atom is -0.352 e. The average Bonchev–Trinajstić information content (AvgIpc) is 2.58. The Morgan fingerprint density at radius 2 is 2.25 bits per heavy atom. The molecule has 0 radical (unpaired) electrons. The highest BCUT2D eigenvalue weighted by molar-refractivity contribution is 6.35. The standard InChI is InChI=1S/C12H13ClN2O/c1-3-14-12(16)9-7-15(2)11-8(9)5-4-6-10(11)13/h4-7H,3H2,1-2H3,(H,14,16). The molecule has 0 aliphatic carbocycles. The van der Waals surface area contributed by atoms with Gasteiger partial charge in [-0.15, -0.1) is 0 Å². The number of hydrogen-bond acceptors (Lipinski definition) is 1. The van der Waals surface area contributed by atoms with Gasteiger partial charge in [0.2, 0.25) is 0 Å². The second-order valence-corrected chi connectivity index (χ2v) is 4.06. The summed E-state index contributed by atoms with van der Waals surface area (Å²) in [6.07, 6.45) is 1.81. The van der Waals surface area contributed by atoms with Gasteiger partial charge in [0.05, 0.1) is 16.1 Å². The van der Waals surface area contributed by atoms with Gasteiger partial charge in [0, 0.05) is 25.2 Å². The Labute approximate surface area is 99.0 Å². The first-order chi connectivity index (χ1) is 7.65. The van der Waals surface area contributed by atoms with Gasteiger partial charge in [-0.1, -0.05) is 23.7 Å². The molecule has 4 heteroatoms. The van der Waals surface area contributed by atoms with Crippen molar-refractivity contribution >= 4 is 28.4 Å². The maximum absolute atomic E-state index is 11.8. The van der Waals surface area contributed by atoms with Gasteiger partial charge in [-0.25, -0.2) is 0 Å². The summed E-state index contributed by atoms with van der Waals surface area (Å²) in [5, 5.41) is 4.34. The van der Waals surface area contributed by atoms with Crippen molar-refractivity contribution in [1.29, 1.82) is 0 Å². The van der Waals surface area contributed by atoms with E-state index < -0.39 is 0 Å². The van der Waals surface area contributed by atoms with Gasteiger partial charge in [0.25, 0.3) is 5.91 Å². The van der Waals surface area contributed by atoms with Crippen LogP contribution in [-0.4, -0.2) is 17.0 Å². The summed E-state index contributed by atoms with van der Waals surface area (Å²) in [4.78, 5) is 11.8. The van der Waals surface area contributed by atoms with Crippen molar-refractivity contribution < 1.29 is 4.79 Å². The highest BCUT2D eigenvalue weighted by Crippen LogP contribution is 2.27. The molecule has 2 aromatic rings. The molecule has 2 rings (SSSR count). The van der Waals surface area contributed by atoms with Crippen molar-refractivity contribution in [3.63, 3.8) is 0 Å². The lowest BCUT2D eigenvalue weighted by molar-refractivity contribution is 0.0957. The van der Waals surface area contributed by atoms with E-state index >= 15 is 0 Å². The van der Waals surface area contributed by atoms with Gasteiger partial charge in [0.15, 0.2) is 0 Å². The third kappa shape index (κ3) is 1.67. The second-order valence-electron chi connectivity index (χ2n) is 3.65. The second kappa shape index (κ2) is 4.18. The lowest BCUT2D eigenvalue weighted by Gasteiger charge is -2.00. The van der Waals surface area contributed by atoms with Crippen LogP contribution in [0.5, 0.6) is 0 Å². The van der Waals surface area contributed by atoms with Crippen molar-refractivity contribution in [2.24, 2.45) is 7.05 Å². The first-order valence-corrected chi connectivity index (χ1v) is 5.54. The maximum atomic E-state index is 11.8. The third-order valence-corrected chi connectivity index (χ3v) is 2.84. The minimum atomic E-state index is -0.0598. The Hall–Kier alpha value is -1.48. The summed E-state index contributed by atoms with van der Waals surface area (Å²) >= 11 is 6.10. The molecule has 1 amide bonds. The Morgan fingerprint density at radius 1 is 1.50 bits per heavy atom. The number of carbonyl (C=O) groups excluding carboxylic acids is 1. The van der Waals surface area contributed by atoms with E-state index in [0.717, 1.165) is 10.9 Å². The molecule has 1 heterocycles. The highest BCUT2D eigenvalue weighted by Gasteiger charge is 2.14. The first kappa shape index (κ1) is 11.0. The van der Waals surface area contributed by atoms with E-state index in [2.05, 4.69) is 5.32 Å². The molecule has 84 valence electrons. The predicted molar refractivity (Wildman–Crippen MR) is 65.9 cm³/mol. The number of carbonyl (C=O) groups is 1. The molecule has 0 saturated carbocycles. The zero-order valence-corrected chi connectivity index (χ0v) is 10.0. The normalized spacial score (nSPS) is 10.7. The molecule has 0 spiro atoms. The van der Waals surface area contributed by atoms with E-state index in [1.54, 1.807) is 0 Å². The fourth-order valence-corrected chi connectivity index (χ4v) is 2.16. The molecule has 1 N–H and O–H groups in total. The molecular formula is C12H13ClN2O. The number of fused-ring (bicyclic) bond motifs is 1. The zero-order valence-electron chi connectivity index (χ0n) is 9.25. The van der Waals surface area contributed by atoms with Crippen molar-refractivity contribution in [2.75, 3.05) is 6.54 Å². The van der Waals surface area contributed by atoms with Crippen LogP contribution in [0.4, 0.5) is 0 Å². The number of hydrogen-bond donors (Lipinski definition) is 1. The maximum Gasteiger partial charge on any atom is 0.253 e. The van der Waals surface area contributed by atoms with Crippen LogP contribution in [0.2, 0.25) is 5.02 Å². The molecule has 1 aromatic carbocycles. The molecule has 0 aliphatic rings. The topological polar surface area (TPSA) is 34.0 Å². The summed E-state index contributed by atoms with van der Waals surface area (Å²) in [6.45, 7) is 2.52. The molecule has 3 nitrogen and oxygen atoms in total. The lowest BCUT2D eigenvalue weighted by Crippen LogP contribution is -2.22. The number of aryl methyl sites for hydroxylation is 1. The number of nitrogens with zero attached hydrogens (tertiary/aromatic N) is 1. The number of benzene rings is 1. The van der Waals surface area contributed by atoms with Crippen molar-refractivity contribution in [3.05, 3.63) is 35.0 Å². The molecule has 0 saturated heterocycles. The van der Waals surface area contributed by atoms with Gasteiger partial charge >= 0.3 is 0 Å². The predicted octanol–water partition coefficient (Wildman–Crippen LogP) is 2.58. The van der Waals surface area contributed by atoms with Crippen LogP contribution in [0.25, 0.3) is 10.9 Å². The van der Waals surface area contributed by atoms with Crippen LogP contribution < -0.4 is 5.32 Å². The summed E-state index contributed by atoms with van der Waals surface area (Å²) in [7, 11) is 1.89. The number of aromatic nitrogens is 1. The van der Waals surface area contributed by atoms with Gasteiger partial charge in [-0.3, -0.25) is 4.79 Å². The fourth-order valence-electron chi connectivity index (χ4n) is 1.86. The van der Waals surface area contributed by atoms with E-state index in [-0.39, 0.29) is 5.91 Å². The number of halogens is 1. The van der Waals surface area contributed by atoms with Crippen LogP contribution in [0.15, 0.2) is 24.4 Å². The Kier molecular flexibility index (Phi) is 2.88. The molecular weight excluding hydrogens is 224 g/mol. The van der Waals surface area contributed by atoms with Gasteiger partial charge in [-0.2, -0.15) is 0 Å². The fraction of sp³-hybridized carbons (Fsp3) is 0.250. The van der Waals surface area contributed by atoms with E-state index in [4.69, 9.17) is 11.6 Å². The molecule has 0 aliphatic heterocycles. The first-order valence-electron chi connectivity index (χ1n) is 5.17. The van der Waals surface area contributed by atoms with E-state index in [1.165, 1.54) is 0 Å². The summed E-state index contributed by atoms with van der Waals surface area (Å²) in [5.74, 6) is -0.0598. The van der Waals surface area contributed by atoms with E-state index in [9.17, 15) is 4.79 Å². The Balaban J connectivity index is 2.64. The average molecular weight is 237 g/mol. The van der Waals surface area contributed by atoms with Crippen molar-refractivity contribution in [2.45, 2.75) is 6.92 Å². The quantitative estimate of drug-likeness (QED) is 0.855. The van der Waals surface area contributed by atoms with Crippen LogP contribution in [-0.2, 0) is 7.05 Å². The molecule has 16 heavy (non-hydrogen) atoms. The van der Waals surface area contributed by atoms with Crippen LogP contribution >= 0.6 is 11.6 Å². The smallest absolute Gasteiger partial charge is 0.253 e. The molecule has 0 unspecified atom stereocenters. The Morgan fingerprint density at radius 3 is 2.94 bits per heavy atom. The van der Waals surface area contributed by atoms with Gasteiger partial charge in [-0.05, 0) is 13.0 Å². The number of rotatable bonds is 2. The highest BCUT2D eigenvalue weighted by atomic mass is 35.5. The lowest BCUT2D eigenvalue weighted by atomic mass is 10.1. The molecule has 1 aromatic heterocycles. The minimum absolute atomic E-state index is 0.0598. The number of amides is 1. The van der Waals surface area contributed by atoms with Crippen LogP contribution in [0, 0.1) is 0 Å². The van der Waals surface area contributed by atoms with Crippen LogP contribution in [0.1, 0.15) is 17.3 Å². The zero-order chi connectivity index (χ0) is 11.7. The summed E-state index contributed by atoms with van der Waals surface area (Å²) in [5.41, 5.74) is 1.56. The third-order valence-electron chi connectivity index (χ3n) is 2.53. The van der Waals surface area contributed by atoms with Crippen molar-refractivity contribution in [1.82, 2.24) is 9.88 Å². The Bertz CT molecular complexity index is 545. The summed E-state index contributed by atoms with van der Waals surface area (Å²) in [6, 6.07) is 5.59. The van der Waals surface area contributed by atoms with E-state index in [1.807, 2.05) is 42.9 Å². The monoisotopic (exact) mass is 236 g/mol.